The van der Waals surface area contributed by atoms with Crippen LogP contribution in [0.5, 0.6) is 0 Å². The number of hydrogen-bond donors (Lipinski definition) is 1. The summed E-state index contributed by atoms with van der Waals surface area (Å²) in [5.74, 6) is 0. The Morgan fingerprint density at radius 3 is 2.50 bits per heavy atom. The first-order valence-corrected chi connectivity index (χ1v) is 9.29. The molecule has 1 fully saturated rings. The van der Waals surface area contributed by atoms with Crippen molar-refractivity contribution < 1.29 is 0 Å². The Labute approximate surface area is 150 Å². The molecule has 1 N–H and O–H groups in total. The molecule has 0 radical (unpaired) electrons. The topological polar surface area (TPSA) is 15.3 Å². The lowest BCUT2D eigenvalue weighted by molar-refractivity contribution is 0.172. The number of nitrogens with zero attached hydrogens (tertiary/aromatic N) is 1. The molecular formula is C21H27ClN2. The van der Waals surface area contributed by atoms with Crippen molar-refractivity contribution in [2.75, 3.05) is 18.4 Å². The molecule has 1 aliphatic heterocycles. The molecule has 0 amide bonds. The van der Waals surface area contributed by atoms with E-state index in [0.29, 0.717) is 6.04 Å². The lowest BCUT2D eigenvalue weighted by atomic mass is 10.0. The monoisotopic (exact) mass is 342 g/mol. The van der Waals surface area contributed by atoms with Gasteiger partial charge in [-0.15, -0.1) is 0 Å². The minimum atomic E-state index is 0.306. The van der Waals surface area contributed by atoms with Crippen LogP contribution < -0.4 is 5.32 Å². The summed E-state index contributed by atoms with van der Waals surface area (Å²) in [4.78, 5) is 2.51. The summed E-state index contributed by atoms with van der Waals surface area (Å²) in [5.41, 5.74) is 6.45. The number of anilines is 1. The van der Waals surface area contributed by atoms with Gasteiger partial charge in [-0.25, -0.2) is 0 Å². The van der Waals surface area contributed by atoms with E-state index in [9.17, 15) is 0 Å². The Balaban J connectivity index is 1.77. The van der Waals surface area contributed by atoms with Crippen LogP contribution in [0.1, 0.15) is 48.1 Å². The van der Waals surface area contributed by atoms with E-state index in [-0.39, 0.29) is 0 Å². The molecule has 0 unspecified atom stereocenters. The number of nitrogens with one attached hydrogen (secondary N) is 1. The molecule has 0 bridgehead atoms. The zero-order chi connectivity index (χ0) is 17.1. The maximum absolute atomic E-state index is 6.17. The fourth-order valence-corrected chi connectivity index (χ4v) is 3.34. The van der Waals surface area contributed by atoms with Gasteiger partial charge in [-0.3, -0.25) is 4.90 Å². The highest BCUT2D eigenvalue weighted by atomic mass is 35.5. The molecule has 3 rings (SSSR count). The summed E-state index contributed by atoms with van der Waals surface area (Å²) >= 11 is 6.17. The van der Waals surface area contributed by atoms with Crippen LogP contribution in [0.25, 0.3) is 0 Å². The molecule has 3 heteroatoms. The summed E-state index contributed by atoms with van der Waals surface area (Å²) < 4.78 is 0. The molecule has 2 aromatic carbocycles. The summed E-state index contributed by atoms with van der Waals surface area (Å²) in [6.07, 6.45) is 2.38. The second-order valence-electron chi connectivity index (χ2n) is 6.88. The van der Waals surface area contributed by atoms with Gasteiger partial charge >= 0.3 is 0 Å². The van der Waals surface area contributed by atoms with Crippen molar-refractivity contribution in [3.63, 3.8) is 0 Å². The van der Waals surface area contributed by atoms with E-state index in [2.05, 4.69) is 61.3 Å². The van der Waals surface area contributed by atoms with Crippen molar-refractivity contribution in [3.05, 3.63) is 63.7 Å². The summed E-state index contributed by atoms with van der Waals surface area (Å²) in [7, 11) is 0. The predicted molar refractivity (Wildman–Crippen MR) is 104 cm³/mol. The van der Waals surface area contributed by atoms with Crippen molar-refractivity contribution >= 4 is 17.3 Å². The van der Waals surface area contributed by atoms with Gasteiger partial charge in [0.25, 0.3) is 0 Å². The molecule has 24 heavy (non-hydrogen) atoms. The van der Waals surface area contributed by atoms with Gasteiger partial charge in [-0.1, -0.05) is 36.7 Å². The predicted octanol–water partition coefficient (Wildman–Crippen LogP) is 5.73. The van der Waals surface area contributed by atoms with Crippen LogP contribution in [0, 0.1) is 13.8 Å². The molecule has 128 valence electrons. The number of hydrogen-bond acceptors (Lipinski definition) is 2. The van der Waals surface area contributed by atoms with Gasteiger partial charge in [0.05, 0.1) is 6.04 Å². The molecule has 1 saturated heterocycles. The highest BCUT2D eigenvalue weighted by molar-refractivity contribution is 6.31. The Morgan fingerprint density at radius 2 is 1.88 bits per heavy atom. The Morgan fingerprint density at radius 1 is 1.08 bits per heavy atom. The summed E-state index contributed by atoms with van der Waals surface area (Å²) in [5, 5.41) is 4.54. The van der Waals surface area contributed by atoms with E-state index in [1.54, 1.807) is 0 Å². The van der Waals surface area contributed by atoms with E-state index in [1.807, 2.05) is 6.07 Å². The van der Waals surface area contributed by atoms with Crippen molar-refractivity contribution in [2.24, 2.45) is 0 Å². The molecule has 0 aliphatic carbocycles. The van der Waals surface area contributed by atoms with Crippen molar-refractivity contribution in [2.45, 2.75) is 46.2 Å². The van der Waals surface area contributed by atoms with E-state index in [4.69, 9.17) is 11.6 Å². The maximum Gasteiger partial charge on any atom is 0.0511 e. The van der Waals surface area contributed by atoms with Gasteiger partial charge in [0.15, 0.2) is 0 Å². The van der Waals surface area contributed by atoms with Gasteiger partial charge in [0.1, 0.15) is 0 Å². The first kappa shape index (κ1) is 17.3. The van der Waals surface area contributed by atoms with Crippen molar-refractivity contribution in [1.82, 2.24) is 4.90 Å². The quantitative estimate of drug-likeness (QED) is 0.721. The van der Waals surface area contributed by atoms with Gasteiger partial charge in [-0.05, 0) is 80.2 Å². The van der Waals surface area contributed by atoms with Crippen LogP contribution in [0.15, 0.2) is 36.4 Å². The maximum atomic E-state index is 6.17. The van der Waals surface area contributed by atoms with Crippen molar-refractivity contribution in [1.29, 1.82) is 0 Å². The van der Waals surface area contributed by atoms with Crippen LogP contribution in [0.2, 0.25) is 5.02 Å². The lowest BCUT2D eigenvalue weighted by Crippen LogP contribution is -2.36. The van der Waals surface area contributed by atoms with Gasteiger partial charge in [0.2, 0.25) is 0 Å². The minimum absolute atomic E-state index is 0.306. The Kier molecular flexibility index (Phi) is 5.47. The van der Waals surface area contributed by atoms with Crippen LogP contribution in [-0.4, -0.2) is 18.0 Å². The third-order valence-corrected chi connectivity index (χ3v) is 5.45. The zero-order valence-electron chi connectivity index (χ0n) is 14.9. The average molecular weight is 343 g/mol. The number of aryl methyl sites for hydroxylation is 2. The Bertz CT molecular complexity index is 707. The van der Waals surface area contributed by atoms with Gasteiger partial charge in [0, 0.05) is 17.3 Å². The third kappa shape index (κ3) is 3.93. The largest absolute Gasteiger partial charge is 0.378 e. The summed E-state index contributed by atoms with van der Waals surface area (Å²) in [6.45, 7) is 10.0. The van der Waals surface area contributed by atoms with E-state index < -0.39 is 0 Å². The molecule has 0 spiro atoms. The Hall–Kier alpha value is -1.51. The van der Waals surface area contributed by atoms with Crippen LogP contribution in [0.4, 0.5) is 5.69 Å². The zero-order valence-corrected chi connectivity index (χ0v) is 15.7. The fraction of sp³-hybridized carbons (Fsp3) is 0.429. The normalized spacial score (nSPS) is 15.8. The van der Waals surface area contributed by atoms with E-state index in [1.165, 1.54) is 41.9 Å². The fourth-order valence-electron chi connectivity index (χ4n) is 3.22. The van der Waals surface area contributed by atoms with Gasteiger partial charge < -0.3 is 5.32 Å². The van der Waals surface area contributed by atoms with Crippen LogP contribution >= 0.6 is 11.6 Å². The third-order valence-electron chi connectivity index (χ3n) is 5.03. The number of rotatable bonds is 6. The molecule has 1 aliphatic rings. The van der Waals surface area contributed by atoms with Crippen LogP contribution in [0.3, 0.4) is 0 Å². The second-order valence-corrected chi connectivity index (χ2v) is 7.29. The molecule has 1 atom stereocenters. The first-order valence-electron chi connectivity index (χ1n) is 8.91. The SMILES string of the molecule is CC[C@@H](Nc1ccc(C)c(CN2CCC2)c1)c1ccc(Cl)c(C)c1. The van der Waals surface area contributed by atoms with E-state index >= 15 is 0 Å². The number of likely N-dealkylation sites (tertiary alicyclic amines) is 1. The van der Waals surface area contributed by atoms with Crippen molar-refractivity contribution in [3.8, 4) is 0 Å². The number of halogens is 1. The smallest absolute Gasteiger partial charge is 0.0511 e. The minimum Gasteiger partial charge on any atom is -0.378 e. The number of benzene rings is 2. The second kappa shape index (κ2) is 7.58. The summed E-state index contributed by atoms with van der Waals surface area (Å²) in [6, 6.07) is 13.4. The molecular weight excluding hydrogens is 316 g/mol. The highest BCUT2D eigenvalue weighted by Crippen LogP contribution is 2.27. The molecule has 0 aromatic heterocycles. The first-order chi connectivity index (χ1) is 11.6. The molecule has 2 aromatic rings. The molecule has 0 saturated carbocycles. The van der Waals surface area contributed by atoms with E-state index in [0.717, 1.165) is 23.6 Å². The lowest BCUT2D eigenvalue weighted by Gasteiger charge is -2.31. The van der Waals surface area contributed by atoms with Gasteiger partial charge in [-0.2, -0.15) is 0 Å². The standard InChI is InChI=1S/C21H27ClN2/c1-4-21(17-7-9-20(22)16(3)12-17)23-19-8-6-15(2)18(13-19)14-24-10-5-11-24/h6-9,12-13,21,23H,4-5,10-11,14H2,1-3H3/t21-/m1/s1. The van der Waals surface area contributed by atoms with Crippen LogP contribution in [-0.2, 0) is 6.54 Å². The average Bonchev–Trinajstić information content (AvgIpc) is 2.53. The molecule has 2 nitrogen and oxygen atoms in total. The molecule has 1 heterocycles. The highest BCUT2D eigenvalue weighted by Gasteiger charge is 2.16.